The van der Waals surface area contributed by atoms with Crippen LogP contribution < -0.4 is 0 Å². The van der Waals surface area contributed by atoms with Gasteiger partial charge in [-0.05, 0) is 52.9 Å². The summed E-state index contributed by atoms with van der Waals surface area (Å²) in [7, 11) is 1.38. The summed E-state index contributed by atoms with van der Waals surface area (Å²) in [5, 5.41) is 0. The third-order valence-corrected chi connectivity index (χ3v) is 6.87. The van der Waals surface area contributed by atoms with E-state index < -0.39 is 28.7 Å². The topological polar surface area (TPSA) is 96.5 Å². The lowest BCUT2D eigenvalue weighted by Crippen LogP contribution is -2.55. The Hall–Kier alpha value is -2.32. The summed E-state index contributed by atoms with van der Waals surface area (Å²) in [6, 6.07) is -0.988. The van der Waals surface area contributed by atoms with Crippen LogP contribution in [-0.2, 0) is 19.1 Å². The molecule has 9 heteroatoms. The van der Waals surface area contributed by atoms with Gasteiger partial charge in [0, 0.05) is 13.1 Å². The zero-order chi connectivity index (χ0) is 21.2. The van der Waals surface area contributed by atoms with Crippen LogP contribution in [0.2, 0.25) is 0 Å². The van der Waals surface area contributed by atoms with E-state index in [4.69, 9.17) is 9.47 Å². The number of fused-ring (bicyclic) bond motifs is 3. The molecule has 0 aromatic rings. The van der Waals surface area contributed by atoms with E-state index in [0.29, 0.717) is 45.2 Å². The van der Waals surface area contributed by atoms with Crippen LogP contribution in [0.1, 0.15) is 52.9 Å². The normalized spacial score (nSPS) is 33.9. The van der Waals surface area contributed by atoms with Crippen LogP contribution in [0.15, 0.2) is 0 Å². The van der Waals surface area contributed by atoms with Crippen LogP contribution in [0.3, 0.4) is 0 Å². The first-order chi connectivity index (χ1) is 13.5. The number of esters is 1. The molecule has 2 aliphatic heterocycles. The lowest BCUT2D eigenvalue weighted by Gasteiger charge is -2.36. The minimum absolute atomic E-state index is 0.133. The number of amides is 4. The van der Waals surface area contributed by atoms with Crippen molar-refractivity contribution in [1.29, 1.82) is 0 Å². The second-order valence-corrected chi connectivity index (χ2v) is 9.76. The largest absolute Gasteiger partial charge is 0.469 e. The SMILES string of the molecule is COC(=O)C12CCC(N3C(=O)[C@@H]4CN(C(=O)OC(C)(C)C)CCN4C3=O)(CC1)C2. The van der Waals surface area contributed by atoms with E-state index in [2.05, 4.69) is 0 Å². The number of imide groups is 1. The number of piperazine rings is 1. The fraction of sp³-hybridized carbons (Fsp3) is 0.800. The highest BCUT2D eigenvalue weighted by molar-refractivity contribution is 6.05. The van der Waals surface area contributed by atoms with Crippen LogP contribution in [-0.4, -0.2) is 82.6 Å². The van der Waals surface area contributed by atoms with E-state index in [0.717, 1.165) is 0 Å². The number of hydrogen-bond acceptors (Lipinski definition) is 6. The molecule has 9 nitrogen and oxygen atoms in total. The van der Waals surface area contributed by atoms with Gasteiger partial charge in [-0.3, -0.25) is 14.5 Å². The highest BCUT2D eigenvalue weighted by atomic mass is 16.6. The number of ether oxygens (including phenoxy) is 2. The Labute approximate surface area is 170 Å². The van der Waals surface area contributed by atoms with Crippen LogP contribution >= 0.6 is 0 Å². The molecule has 0 N–H and O–H groups in total. The Kier molecular flexibility index (Phi) is 4.36. The molecule has 4 rings (SSSR count). The Morgan fingerprint density at radius 1 is 1.07 bits per heavy atom. The van der Waals surface area contributed by atoms with Crippen LogP contribution in [0.25, 0.3) is 0 Å². The van der Waals surface area contributed by atoms with Gasteiger partial charge in [0.2, 0.25) is 0 Å². The molecule has 2 heterocycles. The zero-order valence-corrected chi connectivity index (χ0v) is 17.5. The molecule has 2 saturated heterocycles. The quantitative estimate of drug-likeness (QED) is 0.511. The summed E-state index contributed by atoms with van der Waals surface area (Å²) in [4.78, 5) is 55.6. The fourth-order valence-electron chi connectivity index (χ4n) is 5.50. The van der Waals surface area contributed by atoms with Gasteiger partial charge >= 0.3 is 18.1 Å². The van der Waals surface area contributed by atoms with Gasteiger partial charge in [-0.2, -0.15) is 0 Å². The van der Waals surface area contributed by atoms with Gasteiger partial charge < -0.3 is 19.3 Å². The van der Waals surface area contributed by atoms with E-state index in [1.807, 2.05) is 0 Å². The zero-order valence-electron chi connectivity index (χ0n) is 17.5. The molecule has 0 spiro atoms. The maximum atomic E-state index is 13.3. The third kappa shape index (κ3) is 2.97. The van der Waals surface area contributed by atoms with Crippen molar-refractivity contribution in [2.24, 2.45) is 5.41 Å². The summed E-state index contributed by atoms with van der Waals surface area (Å²) < 4.78 is 10.4. The Balaban J connectivity index is 1.52. The lowest BCUT2D eigenvalue weighted by molar-refractivity contribution is -0.152. The summed E-state index contributed by atoms with van der Waals surface area (Å²) in [6.45, 7) is 6.13. The molecule has 160 valence electrons. The van der Waals surface area contributed by atoms with Crippen LogP contribution in [0.4, 0.5) is 9.59 Å². The first-order valence-corrected chi connectivity index (χ1v) is 10.2. The summed E-state index contributed by atoms with van der Waals surface area (Å²) in [5.41, 5.74) is -1.82. The highest BCUT2D eigenvalue weighted by Crippen LogP contribution is 2.60. The van der Waals surface area contributed by atoms with Gasteiger partial charge in [-0.25, -0.2) is 9.59 Å². The van der Waals surface area contributed by atoms with E-state index in [1.54, 1.807) is 25.7 Å². The number of hydrogen-bond donors (Lipinski definition) is 0. The van der Waals surface area contributed by atoms with Gasteiger partial charge in [-0.1, -0.05) is 0 Å². The second kappa shape index (κ2) is 6.34. The van der Waals surface area contributed by atoms with E-state index in [-0.39, 0.29) is 24.5 Å². The number of rotatable bonds is 2. The van der Waals surface area contributed by atoms with Gasteiger partial charge in [0.25, 0.3) is 5.91 Å². The number of methoxy groups -OCH3 is 1. The summed E-state index contributed by atoms with van der Waals surface area (Å²) >= 11 is 0. The second-order valence-electron chi connectivity index (χ2n) is 9.76. The highest BCUT2D eigenvalue weighted by Gasteiger charge is 2.66. The van der Waals surface area contributed by atoms with Gasteiger partial charge in [-0.15, -0.1) is 0 Å². The first kappa shape index (κ1) is 20.0. The van der Waals surface area contributed by atoms with Crippen molar-refractivity contribution in [2.75, 3.05) is 26.7 Å². The van der Waals surface area contributed by atoms with Gasteiger partial charge in [0.05, 0.1) is 24.6 Å². The minimum atomic E-state index is -0.688. The standard InChI is InChI=1S/C20H29N3O6/c1-18(2,3)29-17(27)21-9-10-22-13(11-21)14(24)23(16(22)26)20-7-5-19(12-20,6-8-20)15(25)28-4/h13H,5-12H2,1-4H3/t13-,19?,20?/m0/s1. The predicted octanol–water partition coefficient (Wildman–Crippen LogP) is 1.75. The Bertz CT molecular complexity index is 765. The minimum Gasteiger partial charge on any atom is -0.469 e. The molecular weight excluding hydrogens is 378 g/mol. The van der Waals surface area contributed by atoms with Crippen molar-refractivity contribution in [3.63, 3.8) is 0 Å². The number of nitrogens with zero attached hydrogens (tertiary/aromatic N) is 3. The summed E-state index contributed by atoms with van der Waals surface area (Å²) in [5.74, 6) is -0.518. The van der Waals surface area contributed by atoms with E-state index in [9.17, 15) is 19.2 Å². The molecule has 4 fully saturated rings. The first-order valence-electron chi connectivity index (χ1n) is 10.2. The Morgan fingerprint density at radius 2 is 1.72 bits per heavy atom. The molecular formula is C20H29N3O6. The molecule has 29 heavy (non-hydrogen) atoms. The maximum absolute atomic E-state index is 13.3. The number of carbonyl (C=O) groups is 4. The molecule has 0 radical (unpaired) electrons. The molecule has 2 saturated carbocycles. The monoisotopic (exact) mass is 407 g/mol. The average molecular weight is 407 g/mol. The van der Waals surface area contributed by atoms with E-state index in [1.165, 1.54) is 16.9 Å². The molecule has 4 amide bonds. The van der Waals surface area contributed by atoms with E-state index >= 15 is 0 Å². The molecule has 2 aliphatic carbocycles. The smallest absolute Gasteiger partial charge is 0.410 e. The molecule has 4 aliphatic rings. The lowest BCUT2D eigenvalue weighted by atomic mass is 9.84. The van der Waals surface area contributed by atoms with Crippen molar-refractivity contribution in [2.45, 2.75) is 70.1 Å². The third-order valence-electron chi connectivity index (χ3n) is 6.87. The maximum Gasteiger partial charge on any atom is 0.410 e. The van der Waals surface area contributed by atoms with Crippen molar-refractivity contribution >= 4 is 24.0 Å². The van der Waals surface area contributed by atoms with Crippen molar-refractivity contribution in [1.82, 2.24) is 14.7 Å². The Morgan fingerprint density at radius 3 is 2.31 bits per heavy atom. The van der Waals surface area contributed by atoms with Gasteiger partial charge in [0.1, 0.15) is 11.6 Å². The molecule has 1 atom stereocenters. The van der Waals surface area contributed by atoms with Crippen molar-refractivity contribution < 1.29 is 28.7 Å². The van der Waals surface area contributed by atoms with Crippen LogP contribution in [0, 0.1) is 5.41 Å². The molecule has 0 unspecified atom stereocenters. The molecule has 0 aromatic heterocycles. The van der Waals surface area contributed by atoms with Crippen LogP contribution in [0.5, 0.6) is 0 Å². The number of urea groups is 1. The van der Waals surface area contributed by atoms with Crippen molar-refractivity contribution in [3.8, 4) is 0 Å². The average Bonchev–Trinajstić information content (AvgIpc) is 3.30. The molecule has 0 aromatic carbocycles. The predicted molar refractivity (Wildman–Crippen MR) is 101 cm³/mol. The van der Waals surface area contributed by atoms with Gasteiger partial charge in [0.15, 0.2) is 0 Å². The fourth-order valence-corrected chi connectivity index (χ4v) is 5.50. The number of carbonyl (C=O) groups excluding carboxylic acids is 4. The van der Waals surface area contributed by atoms with Crippen molar-refractivity contribution in [3.05, 3.63) is 0 Å². The summed E-state index contributed by atoms with van der Waals surface area (Å²) in [6.07, 6.45) is 2.50. The molecule has 2 bridgehead atoms.